The van der Waals surface area contributed by atoms with Gasteiger partial charge in [0.05, 0.1) is 0 Å². The Kier molecular flexibility index (Phi) is 8.67. The molecule has 146 valence electrons. The summed E-state index contributed by atoms with van der Waals surface area (Å²) in [5.74, 6) is 1.52. The highest BCUT2D eigenvalue weighted by Crippen LogP contribution is 2.39. The van der Waals surface area contributed by atoms with Gasteiger partial charge in [-0.15, -0.1) is 24.0 Å². The molecule has 2 aliphatic rings. The largest absolute Gasteiger partial charge is 0.396 e. The van der Waals surface area contributed by atoms with Crippen molar-refractivity contribution in [1.29, 1.82) is 0 Å². The van der Waals surface area contributed by atoms with Crippen LogP contribution in [0.1, 0.15) is 62.5 Å². The quantitative estimate of drug-likeness (QED) is 0.322. The molecule has 1 aromatic carbocycles. The summed E-state index contributed by atoms with van der Waals surface area (Å²) < 4.78 is 0. The number of aliphatic hydroxyl groups is 1. The maximum Gasteiger partial charge on any atom is 0.191 e. The first kappa shape index (κ1) is 21.5. The van der Waals surface area contributed by atoms with Crippen molar-refractivity contribution in [2.75, 3.05) is 26.2 Å². The number of hydrogen-bond acceptors (Lipinski definition) is 2. The first-order chi connectivity index (χ1) is 12.3. The van der Waals surface area contributed by atoms with Crippen molar-refractivity contribution in [3.63, 3.8) is 0 Å². The van der Waals surface area contributed by atoms with Crippen molar-refractivity contribution in [2.24, 2.45) is 10.4 Å². The summed E-state index contributed by atoms with van der Waals surface area (Å²) in [5, 5.41) is 16.4. The summed E-state index contributed by atoms with van der Waals surface area (Å²) in [6.45, 7) is 5.03. The lowest BCUT2D eigenvalue weighted by Gasteiger charge is -2.36. The lowest BCUT2D eigenvalue weighted by Crippen LogP contribution is -2.42. The highest BCUT2D eigenvalue weighted by atomic mass is 127. The molecule has 0 heterocycles. The van der Waals surface area contributed by atoms with Gasteiger partial charge in [-0.05, 0) is 49.1 Å². The monoisotopic (exact) mass is 471 g/mol. The van der Waals surface area contributed by atoms with Crippen LogP contribution < -0.4 is 10.6 Å². The zero-order chi connectivity index (χ0) is 17.5. The molecule has 0 amide bonds. The molecule has 5 heteroatoms. The molecule has 1 atom stereocenters. The van der Waals surface area contributed by atoms with Crippen LogP contribution in [0.5, 0.6) is 0 Å². The summed E-state index contributed by atoms with van der Waals surface area (Å²) >= 11 is 0. The van der Waals surface area contributed by atoms with Crippen LogP contribution in [0.2, 0.25) is 0 Å². The number of rotatable bonds is 7. The molecule has 1 aromatic rings. The van der Waals surface area contributed by atoms with Crippen LogP contribution >= 0.6 is 24.0 Å². The molecular formula is C21H34IN3O. The van der Waals surface area contributed by atoms with Gasteiger partial charge < -0.3 is 15.7 Å². The second-order valence-corrected chi connectivity index (χ2v) is 7.71. The zero-order valence-corrected chi connectivity index (χ0v) is 18.3. The first-order valence-corrected chi connectivity index (χ1v) is 9.97. The topological polar surface area (TPSA) is 56.7 Å². The van der Waals surface area contributed by atoms with Crippen LogP contribution in [-0.4, -0.2) is 37.3 Å². The molecule has 1 fully saturated rings. The number of fused-ring (bicyclic) bond motifs is 1. The van der Waals surface area contributed by atoms with Gasteiger partial charge in [0.2, 0.25) is 0 Å². The second-order valence-electron chi connectivity index (χ2n) is 7.71. The summed E-state index contributed by atoms with van der Waals surface area (Å²) in [7, 11) is 0. The van der Waals surface area contributed by atoms with E-state index in [1.807, 2.05) is 0 Å². The number of hydrogen-bond donors (Lipinski definition) is 3. The van der Waals surface area contributed by atoms with E-state index in [0.29, 0.717) is 5.92 Å². The minimum atomic E-state index is 0. The highest BCUT2D eigenvalue weighted by Gasteiger charge is 2.31. The van der Waals surface area contributed by atoms with Crippen molar-refractivity contribution in [3.05, 3.63) is 35.4 Å². The minimum absolute atomic E-state index is 0. The third-order valence-electron chi connectivity index (χ3n) is 5.95. The predicted octanol–water partition coefficient (Wildman–Crippen LogP) is 3.83. The van der Waals surface area contributed by atoms with E-state index in [9.17, 15) is 5.11 Å². The number of aliphatic hydroxyl groups excluding tert-OH is 1. The summed E-state index contributed by atoms with van der Waals surface area (Å²) in [5.41, 5.74) is 3.17. The standard InChI is InChI=1S/C21H33N3O.HI/c1-2-22-20(23-15-18-14-17-8-4-5-9-19(17)18)24-16-21(12-13-25)10-6-3-7-11-21;/h4-5,8-9,18,25H,2-3,6-7,10-16H2,1H3,(H2,22,23,24);1H. The van der Waals surface area contributed by atoms with Gasteiger partial charge in [-0.1, -0.05) is 43.5 Å². The van der Waals surface area contributed by atoms with Crippen LogP contribution in [0, 0.1) is 5.41 Å². The molecule has 0 radical (unpaired) electrons. The lowest BCUT2D eigenvalue weighted by atomic mass is 9.72. The van der Waals surface area contributed by atoms with Crippen LogP contribution in [0.25, 0.3) is 0 Å². The van der Waals surface area contributed by atoms with Gasteiger partial charge in [0.25, 0.3) is 0 Å². The Morgan fingerprint density at radius 3 is 2.65 bits per heavy atom. The van der Waals surface area contributed by atoms with Crippen LogP contribution in [0.3, 0.4) is 0 Å². The van der Waals surface area contributed by atoms with E-state index in [-0.39, 0.29) is 36.0 Å². The SMILES string of the molecule is CCNC(=NCC1(CCO)CCCCC1)NCC1Cc2ccccc21.I. The average molecular weight is 471 g/mol. The smallest absolute Gasteiger partial charge is 0.191 e. The van der Waals surface area contributed by atoms with E-state index < -0.39 is 0 Å². The first-order valence-electron chi connectivity index (χ1n) is 9.97. The molecular weight excluding hydrogens is 437 g/mol. The molecule has 4 nitrogen and oxygen atoms in total. The van der Waals surface area contributed by atoms with Gasteiger partial charge in [0, 0.05) is 32.2 Å². The molecule has 0 spiro atoms. The fourth-order valence-electron chi connectivity index (χ4n) is 4.38. The van der Waals surface area contributed by atoms with Gasteiger partial charge in [-0.3, -0.25) is 4.99 Å². The van der Waals surface area contributed by atoms with Gasteiger partial charge in [-0.25, -0.2) is 0 Å². The van der Waals surface area contributed by atoms with E-state index in [1.54, 1.807) is 0 Å². The number of nitrogens with one attached hydrogen (secondary N) is 2. The van der Waals surface area contributed by atoms with E-state index in [4.69, 9.17) is 4.99 Å². The molecule has 26 heavy (non-hydrogen) atoms. The van der Waals surface area contributed by atoms with E-state index >= 15 is 0 Å². The fraction of sp³-hybridized carbons (Fsp3) is 0.667. The minimum Gasteiger partial charge on any atom is -0.396 e. The normalized spacial score (nSPS) is 21.2. The van der Waals surface area contributed by atoms with E-state index in [0.717, 1.165) is 38.4 Å². The summed E-state index contributed by atoms with van der Waals surface area (Å²) in [6.07, 6.45) is 8.33. The van der Waals surface area contributed by atoms with Crippen molar-refractivity contribution >= 4 is 29.9 Å². The molecule has 0 aromatic heterocycles. The summed E-state index contributed by atoms with van der Waals surface area (Å²) in [6, 6.07) is 8.73. The third-order valence-corrected chi connectivity index (χ3v) is 5.95. The van der Waals surface area contributed by atoms with Gasteiger partial charge >= 0.3 is 0 Å². The van der Waals surface area contributed by atoms with Crippen molar-refractivity contribution in [2.45, 2.75) is 57.8 Å². The Labute approximate surface area is 175 Å². The second kappa shape index (κ2) is 10.5. The molecule has 0 saturated heterocycles. The number of aliphatic imine (C=N–C) groups is 1. The lowest BCUT2D eigenvalue weighted by molar-refractivity contribution is 0.137. The molecule has 0 bridgehead atoms. The van der Waals surface area contributed by atoms with E-state index in [2.05, 4.69) is 41.8 Å². The molecule has 3 rings (SSSR count). The third kappa shape index (κ3) is 5.35. The summed E-state index contributed by atoms with van der Waals surface area (Å²) in [4.78, 5) is 4.90. The Morgan fingerprint density at radius 1 is 1.19 bits per heavy atom. The number of nitrogens with zero attached hydrogens (tertiary/aromatic N) is 1. The van der Waals surface area contributed by atoms with Crippen LogP contribution in [0.4, 0.5) is 0 Å². The van der Waals surface area contributed by atoms with Crippen molar-refractivity contribution in [1.82, 2.24) is 10.6 Å². The zero-order valence-electron chi connectivity index (χ0n) is 16.0. The van der Waals surface area contributed by atoms with E-state index in [1.165, 1.54) is 43.2 Å². The van der Waals surface area contributed by atoms with Crippen molar-refractivity contribution in [3.8, 4) is 0 Å². The van der Waals surface area contributed by atoms with Crippen molar-refractivity contribution < 1.29 is 5.11 Å². The molecule has 1 saturated carbocycles. The molecule has 3 N–H and O–H groups in total. The van der Waals surface area contributed by atoms with Crippen LogP contribution in [0.15, 0.2) is 29.3 Å². The maximum absolute atomic E-state index is 9.48. The average Bonchev–Trinajstić information content (AvgIpc) is 2.61. The Hall–Kier alpha value is -0.820. The van der Waals surface area contributed by atoms with Gasteiger partial charge in [0.1, 0.15) is 0 Å². The molecule has 0 aliphatic heterocycles. The number of benzene rings is 1. The highest BCUT2D eigenvalue weighted by molar-refractivity contribution is 14.0. The molecule has 1 unspecified atom stereocenters. The Morgan fingerprint density at radius 2 is 1.96 bits per heavy atom. The number of guanidine groups is 1. The predicted molar refractivity (Wildman–Crippen MR) is 120 cm³/mol. The Balaban J connectivity index is 0.00000243. The molecule has 2 aliphatic carbocycles. The Bertz CT molecular complexity index is 579. The maximum atomic E-state index is 9.48. The van der Waals surface area contributed by atoms with Gasteiger partial charge in [0.15, 0.2) is 5.96 Å². The fourth-order valence-corrected chi connectivity index (χ4v) is 4.38. The van der Waals surface area contributed by atoms with Crippen LogP contribution in [-0.2, 0) is 6.42 Å². The number of halogens is 1. The van der Waals surface area contributed by atoms with Gasteiger partial charge in [-0.2, -0.15) is 0 Å².